The van der Waals surface area contributed by atoms with E-state index in [1.54, 1.807) is 6.92 Å². The van der Waals surface area contributed by atoms with Crippen LogP contribution in [0.2, 0.25) is 0 Å². The number of carbonyl (C=O) groups excluding carboxylic acids is 2. The lowest BCUT2D eigenvalue weighted by Crippen LogP contribution is -2.47. The molecule has 5 nitrogen and oxygen atoms in total. The van der Waals surface area contributed by atoms with Gasteiger partial charge in [-0.15, -0.1) is 0 Å². The van der Waals surface area contributed by atoms with E-state index in [4.69, 9.17) is 4.74 Å². The molecule has 22 heavy (non-hydrogen) atoms. The van der Waals surface area contributed by atoms with Crippen LogP contribution in [0.15, 0.2) is 30.3 Å². The zero-order valence-electron chi connectivity index (χ0n) is 13.0. The average Bonchev–Trinajstić information content (AvgIpc) is 2.56. The Kier molecular flexibility index (Phi) is 6.40. The first-order valence-electron chi connectivity index (χ1n) is 7.92. The maximum atomic E-state index is 12.4. The van der Waals surface area contributed by atoms with Crippen LogP contribution in [-0.2, 0) is 20.7 Å². The van der Waals surface area contributed by atoms with Crippen molar-refractivity contribution in [1.29, 1.82) is 0 Å². The Morgan fingerprint density at radius 3 is 2.59 bits per heavy atom. The molecule has 0 aromatic heterocycles. The molecule has 1 aromatic carbocycles. The summed E-state index contributed by atoms with van der Waals surface area (Å²) in [7, 11) is 0. The molecule has 1 amide bonds. The van der Waals surface area contributed by atoms with E-state index in [1.807, 2.05) is 30.3 Å². The molecule has 1 aliphatic rings. The van der Waals surface area contributed by atoms with Gasteiger partial charge in [-0.2, -0.15) is 0 Å². The van der Waals surface area contributed by atoms with Crippen molar-refractivity contribution in [2.24, 2.45) is 5.92 Å². The number of benzene rings is 1. The fourth-order valence-electron chi connectivity index (χ4n) is 2.66. The molecular formula is C17H24N2O3. The quantitative estimate of drug-likeness (QED) is 0.777. The molecule has 2 rings (SSSR count). The largest absolute Gasteiger partial charge is 0.464 e. The number of carbonyl (C=O) groups is 2. The first-order valence-corrected chi connectivity index (χ1v) is 7.92. The summed E-state index contributed by atoms with van der Waals surface area (Å²) >= 11 is 0. The molecule has 2 N–H and O–H groups in total. The molecule has 0 aliphatic carbocycles. The molecule has 1 atom stereocenters. The second-order valence-electron chi connectivity index (χ2n) is 5.53. The Morgan fingerprint density at radius 2 is 1.95 bits per heavy atom. The van der Waals surface area contributed by atoms with Crippen LogP contribution in [0, 0.1) is 5.92 Å². The summed E-state index contributed by atoms with van der Waals surface area (Å²) in [6, 6.07) is 9.05. The molecule has 0 bridgehead atoms. The molecule has 1 fully saturated rings. The molecule has 0 saturated carbocycles. The van der Waals surface area contributed by atoms with Gasteiger partial charge in [-0.05, 0) is 38.4 Å². The topological polar surface area (TPSA) is 67.4 Å². The van der Waals surface area contributed by atoms with Gasteiger partial charge < -0.3 is 15.4 Å². The smallest absolute Gasteiger partial charge is 0.328 e. The highest BCUT2D eigenvalue weighted by Gasteiger charge is 2.27. The highest BCUT2D eigenvalue weighted by atomic mass is 16.5. The SMILES string of the molecule is CCOC(=O)[C@H](Cc1ccccc1)NC(=O)C1CCNCC1. The maximum Gasteiger partial charge on any atom is 0.328 e. The Bertz CT molecular complexity index is 484. The lowest BCUT2D eigenvalue weighted by atomic mass is 9.96. The third-order valence-corrected chi connectivity index (χ3v) is 3.88. The van der Waals surface area contributed by atoms with E-state index in [2.05, 4.69) is 10.6 Å². The van der Waals surface area contributed by atoms with E-state index in [9.17, 15) is 9.59 Å². The van der Waals surface area contributed by atoms with Crippen LogP contribution in [0.25, 0.3) is 0 Å². The second kappa shape index (κ2) is 8.54. The summed E-state index contributed by atoms with van der Waals surface area (Å²) in [5.74, 6) is -0.432. The van der Waals surface area contributed by atoms with Crippen molar-refractivity contribution in [2.75, 3.05) is 19.7 Å². The minimum absolute atomic E-state index is 0.0195. The van der Waals surface area contributed by atoms with Gasteiger partial charge in [0.1, 0.15) is 6.04 Å². The number of hydrogen-bond acceptors (Lipinski definition) is 4. The van der Waals surface area contributed by atoms with Crippen molar-refractivity contribution < 1.29 is 14.3 Å². The van der Waals surface area contributed by atoms with Gasteiger partial charge in [-0.25, -0.2) is 4.79 Å². The van der Waals surface area contributed by atoms with Gasteiger partial charge in [0, 0.05) is 12.3 Å². The summed E-state index contributed by atoms with van der Waals surface area (Å²) in [6.07, 6.45) is 2.08. The van der Waals surface area contributed by atoms with Crippen LogP contribution in [-0.4, -0.2) is 37.6 Å². The van der Waals surface area contributed by atoms with E-state index in [0.29, 0.717) is 13.0 Å². The highest BCUT2D eigenvalue weighted by molar-refractivity contribution is 5.86. The van der Waals surface area contributed by atoms with Gasteiger partial charge in [0.15, 0.2) is 0 Å². The Labute approximate surface area is 131 Å². The number of hydrogen-bond donors (Lipinski definition) is 2. The molecule has 1 aliphatic heterocycles. The zero-order chi connectivity index (χ0) is 15.8. The van der Waals surface area contributed by atoms with Crippen molar-refractivity contribution in [1.82, 2.24) is 10.6 Å². The maximum absolute atomic E-state index is 12.4. The summed E-state index contributed by atoms with van der Waals surface area (Å²) < 4.78 is 5.10. The standard InChI is InChI=1S/C17H24N2O3/c1-2-22-17(21)15(12-13-6-4-3-5-7-13)19-16(20)14-8-10-18-11-9-14/h3-7,14-15,18H,2,8-12H2,1H3,(H,19,20)/t15-/m0/s1. The van der Waals surface area contributed by atoms with Crippen molar-refractivity contribution in [2.45, 2.75) is 32.2 Å². The van der Waals surface area contributed by atoms with E-state index in [1.165, 1.54) is 0 Å². The van der Waals surface area contributed by atoms with Gasteiger partial charge in [0.2, 0.25) is 5.91 Å². The average molecular weight is 304 g/mol. The molecule has 0 unspecified atom stereocenters. The second-order valence-corrected chi connectivity index (χ2v) is 5.53. The minimum atomic E-state index is -0.621. The number of nitrogens with one attached hydrogen (secondary N) is 2. The first kappa shape index (κ1) is 16.5. The van der Waals surface area contributed by atoms with E-state index >= 15 is 0 Å². The fraction of sp³-hybridized carbons (Fsp3) is 0.529. The van der Waals surface area contributed by atoms with Crippen LogP contribution >= 0.6 is 0 Å². The van der Waals surface area contributed by atoms with Gasteiger partial charge >= 0.3 is 5.97 Å². The third kappa shape index (κ3) is 4.84. The van der Waals surface area contributed by atoms with E-state index < -0.39 is 6.04 Å². The lowest BCUT2D eigenvalue weighted by Gasteiger charge is -2.24. The summed E-state index contributed by atoms with van der Waals surface area (Å²) in [5.41, 5.74) is 1.01. The van der Waals surface area contributed by atoms with Crippen molar-refractivity contribution >= 4 is 11.9 Å². The third-order valence-electron chi connectivity index (χ3n) is 3.88. The molecule has 0 spiro atoms. The number of esters is 1. The lowest BCUT2D eigenvalue weighted by molar-refractivity contribution is -0.148. The monoisotopic (exact) mass is 304 g/mol. The molecule has 120 valence electrons. The van der Waals surface area contributed by atoms with E-state index in [0.717, 1.165) is 31.5 Å². The molecular weight excluding hydrogens is 280 g/mol. The van der Waals surface area contributed by atoms with Crippen LogP contribution in [0.1, 0.15) is 25.3 Å². The predicted octanol–water partition coefficient (Wildman–Crippen LogP) is 1.28. The van der Waals surface area contributed by atoms with Crippen molar-refractivity contribution in [3.05, 3.63) is 35.9 Å². The summed E-state index contributed by atoms with van der Waals surface area (Å²) in [6.45, 7) is 3.78. The van der Waals surface area contributed by atoms with Gasteiger partial charge in [0.25, 0.3) is 0 Å². The Hall–Kier alpha value is -1.88. The number of ether oxygens (including phenoxy) is 1. The normalized spacial score (nSPS) is 16.8. The molecule has 5 heteroatoms. The van der Waals surface area contributed by atoms with Crippen LogP contribution < -0.4 is 10.6 Å². The number of piperidine rings is 1. The molecule has 1 heterocycles. The van der Waals surface area contributed by atoms with Crippen molar-refractivity contribution in [3.8, 4) is 0 Å². The Balaban J connectivity index is 2.00. The van der Waals surface area contributed by atoms with Crippen molar-refractivity contribution in [3.63, 3.8) is 0 Å². The number of amides is 1. The molecule has 0 radical (unpaired) electrons. The minimum Gasteiger partial charge on any atom is -0.464 e. The number of rotatable bonds is 6. The molecule has 1 aromatic rings. The Morgan fingerprint density at radius 1 is 1.27 bits per heavy atom. The van der Waals surface area contributed by atoms with Gasteiger partial charge in [-0.3, -0.25) is 4.79 Å². The summed E-state index contributed by atoms with van der Waals surface area (Å²) in [5, 5.41) is 6.11. The summed E-state index contributed by atoms with van der Waals surface area (Å²) in [4.78, 5) is 24.5. The predicted molar refractivity (Wildman–Crippen MR) is 84.3 cm³/mol. The zero-order valence-corrected chi connectivity index (χ0v) is 13.0. The van der Waals surface area contributed by atoms with Gasteiger partial charge in [0.05, 0.1) is 6.61 Å². The van der Waals surface area contributed by atoms with Gasteiger partial charge in [-0.1, -0.05) is 30.3 Å². The first-order chi connectivity index (χ1) is 10.7. The van der Waals surface area contributed by atoms with Crippen LogP contribution in [0.3, 0.4) is 0 Å². The van der Waals surface area contributed by atoms with Crippen LogP contribution in [0.4, 0.5) is 0 Å². The highest BCUT2D eigenvalue weighted by Crippen LogP contribution is 2.13. The van der Waals surface area contributed by atoms with Crippen LogP contribution in [0.5, 0.6) is 0 Å². The molecule has 1 saturated heterocycles. The fourth-order valence-corrected chi connectivity index (χ4v) is 2.66. The van der Waals surface area contributed by atoms with E-state index in [-0.39, 0.29) is 17.8 Å².